The third-order valence-electron chi connectivity index (χ3n) is 3.41. The van der Waals surface area contributed by atoms with Gasteiger partial charge in [0.15, 0.2) is 6.61 Å². The minimum absolute atomic E-state index is 0.154. The number of anilines is 1. The number of amides is 3. The SMILES string of the molecule is O=C(CN1C(=O)COc2cc(Br)ccc21)NNC(=O)c1cccnc1. The molecule has 128 valence electrons. The van der Waals surface area contributed by atoms with E-state index in [0.29, 0.717) is 17.0 Å². The van der Waals surface area contributed by atoms with Gasteiger partial charge in [0, 0.05) is 16.9 Å². The van der Waals surface area contributed by atoms with Crippen LogP contribution in [-0.4, -0.2) is 35.9 Å². The van der Waals surface area contributed by atoms with Crippen molar-refractivity contribution < 1.29 is 19.1 Å². The number of benzene rings is 1. The van der Waals surface area contributed by atoms with E-state index in [1.54, 1.807) is 30.3 Å². The fourth-order valence-corrected chi connectivity index (χ4v) is 2.57. The molecular weight excluding hydrogens is 392 g/mol. The number of ether oxygens (including phenoxy) is 1. The van der Waals surface area contributed by atoms with E-state index in [0.717, 1.165) is 4.47 Å². The first-order valence-corrected chi connectivity index (χ1v) is 8.06. The molecule has 1 aliphatic rings. The van der Waals surface area contributed by atoms with Gasteiger partial charge in [-0.15, -0.1) is 0 Å². The van der Waals surface area contributed by atoms with Crippen LogP contribution >= 0.6 is 15.9 Å². The van der Waals surface area contributed by atoms with Gasteiger partial charge in [0.2, 0.25) is 0 Å². The Kier molecular flexibility index (Phi) is 4.94. The van der Waals surface area contributed by atoms with Gasteiger partial charge < -0.3 is 4.74 Å². The number of hydrogen-bond acceptors (Lipinski definition) is 5. The van der Waals surface area contributed by atoms with Gasteiger partial charge in [0.25, 0.3) is 17.7 Å². The molecule has 0 radical (unpaired) electrons. The lowest BCUT2D eigenvalue weighted by molar-refractivity contribution is -0.125. The Hall–Kier alpha value is -2.94. The Morgan fingerprint density at radius 3 is 2.88 bits per heavy atom. The van der Waals surface area contributed by atoms with Gasteiger partial charge in [0.05, 0.1) is 11.3 Å². The molecular formula is C16H13BrN4O4. The van der Waals surface area contributed by atoms with E-state index >= 15 is 0 Å². The number of rotatable bonds is 3. The van der Waals surface area contributed by atoms with Gasteiger partial charge in [-0.05, 0) is 30.3 Å². The lowest BCUT2D eigenvalue weighted by atomic mass is 10.2. The van der Waals surface area contributed by atoms with E-state index in [-0.39, 0.29) is 19.1 Å². The number of carbonyl (C=O) groups excluding carboxylic acids is 3. The second-order valence-electron chi connectivity index (χ2n) is 5.12. The van der Waals surface area contributed by atoms with Crippen molar-refractivity contribution in [2.75, 3.05) is 18.1 Å². The standard InChI is InChI=1S/C16H13BrN4O4/c17-11-3-4-12-13(6-11)25-9-15(23)21(12)8-14(22)19-20-16(24)10-2-1-5-18-7-10/h1-7H,8-9H2,(H,19,22)(H,20,24). The number of nitrogens with zero attached hydrogens (tertiary/aromatic N) is 2. The maximum absolute atomic E-state index is 12.1. The first-order valence-electron chi connectivity index (χ1n) is 7.26. The Morgan fingerprint density at radius 1 is 1.28 bits per heavy atom. The number of nitrogens with one attached hydrogen (secondary N) is 2. The van der Waals surface area contributed by atoms with Crippen molar-refractivity contribution in [3.05, 3.63) is 52.8 Å². The van der Waals surface area contributed by atoms with Crippen LogP contribution in [0.1, 0.15) is 10.4 Å². The van der Waals surface area contributed by atoms with Crippen LogP contribution in [0.2, 0.25) is 0 Å². The normalized spacial score (nSPS) is 12.8. The minimum Gasteiger partial charge on any atom is -0.482 e. The molecule has 0 spiro atoms. The van der Waals surface area contributed by atoms with Crippen molar-refractivity contribution >= 4 is 39.3 Å². The maximum atomic E-state index is 12.1. The highest BCUT2D eigenvalue weighted by atomic mass is 79.9. The van der Waals surface area contributed by atoms with Gasteiger partial charge >= 0.3 is 0 Å². The van der Waals surface area contributed by atoms with Gasteiger partial charge in [0.1, 0.15) is 12.3 Å². The maximum Gasteiger partial charge on any atom is 0.271 e. The molecule has 2 N–H and O–H groups in total. The summed E-state index contributed by atoms with van der Waals surface area (Å²) in [6.07, 6.45) is 2.91. The van der Waals surface area contributed by atoms with E-state index in [9.17, 15) is 14.4 Å². The Balaban J connectivity index is 1.63. The van der Waals surface area contributed by atoms with Crippen molar-refractivity contribution in [2.45, 2.75) is 0 Å². The van der Waals surface area contributed by atoms with Gasteiger partial charge in [-0.2, -0.15) is 0 Å². The summed E-state index contributed by atoms with van der Waals surface area (Å²) in [5.74, 6) is -0.884. The highest BCUT2D eigenvalue weighted by Crippen LogP contribution is 2.34. The zero-order valence-corrected chi connectivity index (χ0v) is 14.4. The monoisotopic (exact) mass is 404 g/mol. The fourth-order valence-electron chi connectivity index (χ4n) is 2.23. The summed E-state index contributed by atoms with van der Waals surface area (Å²) >= 11 is 3.32. The van der Waals surface area contributed by atoms with Gasteiger partial charge in [-0.25, -0.2) is 0 Å². The third-order valence-corrected chi connectivity index (χ3v) is 3.90. The summed E-state index contributed by atoms with van der Waals surface area (Å²) in [6, 6.07) is 8.32. The number of carbonyl (C=O) groups is 3. The molecule has 0 unspecified atom stereocenters. The molecule has 9 heteroatoms. The van der Waals surface area contributed by atoms with Crippen molar-refractivity contribution in [3.8, 4) is 5.75 Å². The molecule has 2 heterocycles. The first-order chi connectivity index (χ1) is 12.0. The average Bonchev–Trinajstić information content (AvgIpc) is 2.63. The topological polar surface area (TPSA) is 101 Å². The van der Waals surface area contributed by atoms with Gasteiger partial charge in [-0.1, -0.05) is 15.9 Å². The molecule has 0 saturated carbocycles. The van der Waals surface area contributed by atoms with Crippen LogP contribution in [0.15, 0.2) is 47.2 Å². The molecule has 2 aromatic rings. The quantitative estimate of drug-likeness (QED) is 0.744. The number of aromatic nitrogens is 1. The Bertz CT molecular complexity index is 828. The molecule has 0 fully saturated rings. The van der Waals surface area contributed by atoms with Crippen LogP contribution in [0.5, 0.6) is 5.75 Å². The molecule has 1 aromatic carbocycles. The van der Waals surface area contributed by atoms with Crippen molar-refractivity contribution in [2.24, 2.45) is 0 Å². The third kappa shape index (κ3) is 3.94. The molecule has 0 saturated heterocycles. The number of halogens is 1. The number of pyridine rings is 1. The summed E-state index contributed by atoms with van der Waals surface area (Å²) in [7, 11) is 0. The Labute approximate surface area is 151 Å². The summed E-state index contributed by atoms with van der Waals surface area (Å²) in [5.41, 5.74) is 5.36. The second-order valence-corrected chi connectivity index (χ2v) is 6.04. The fraction of sp³-hybridized carbons (Fsp3) is 0.125. The summed E-state index contributed by atoms with van der Waals surface area (Å²) < 4.78 is 6.15. The largest absolute Gasteiger partial charge is 0.482 e. The predicted molar refractivity (Wildman–Crippen MR) is 91.8 cm³/mol. The first kappa shape index (κ1) is 16.9. The van der Waals surface area contributed by atoms with Crippen LogP contribution in [0.25, 0.3) is 0 Å². The molecule has 8 nitrogen and oxygen atoms in total. The van der Waals surface area contributed by atoms with E-state index < -0.39 is 11.8 Å². The van der Waals surface area contributed by atoms with E-state index in [1.165, 1.54) is 17.3 Å². The molecule has 3 amide bonds. The molecule has 25 heavy (non-hydrogen) atoms. The molecule has 0 aliphatic carbocycles. The minimum atomic E-state index is -0.540. The second kappa shape index (κ2) is 7.31. The van der Waals surface area contributed by atoms with Crippen molar-refractivity contribution in [1.29, 1.82) is 0 Å². The summed E-state index contributed by atoms with van der Waals surface area (Å²) in [5, 5.41) is 0. The highest BCUT2D eigenvalue weighted by Gasteiger charge is 2.27. The van der Waals surface area contributed by atoms with Crippen molar-refractivity contribution in [1.82, 2.24) is 15.8 Å². The molecule has 0 atom stereocenters. The van der Waals surface area contributed by atoms with E-state index in [2.05, 4.69) is 31.8 Å². The van der Waals surface area contributed by atoms with Crippen molar-refractivity contribution in [3.63, 3.8) is 0 Å². The summed E-state index contributed by atoms with van der Waals surface area (Å²) in [4.78, 5) is 41.1. The lowest BCUT2D eigenvalue weighted by Gasteiger charge is -2.28. The number of fused-ring (bicyclic) bond motifs is 1. The molecule has 3 rings (SSSR count). The van der Waals surface area contributed by atoms with Crippen LogP contribution in [0.4, 0.5) is 5.69 Å². The Morgan fingerprint density at radius 2 is 2.12 bits per heavy atom. The number of hydrazine groups is 1. The molecule has 1 aliphatic heterocycles. The lowest BCUT2D eigenvalue weighted by Crippen LogP contribution is -2.49. The van der Waals surface area contributed by atoms with Crippen LogP contribution in [-0.2, 0) is 9.59 Å². The van der Waals surface area contributed by atoms with Crippen LogP contribution < -0.4 is 20.5 Å². The van der Waals surface area contributed by atoms with E-state index in [1.807, 2.05) is 0 Å². The van der Waals surface area contributed by atoms with E-state index in [4.69, 9.17) is 4.74 Å². The van der Waals surface area contributed by atoms with Crippen LogP contribution in [0, 0.1) is 0 Å². The average molecular weight is 405 g/mol. The molecule has 0 bridgehead atoms. The van der Waals surface area contributed by atoms with Crippen LogP contribution in [0.3, 0.4) is 0 Å². The highest BCUT2D eigenvalue weighted by molar-refractivity contribution is 9.10. The zero-order chi connectivity index (χ0) is 17.8. The smallest absolute Gasteiger partial charge is 0.271 e. The summed E-state index contributed by atoms with van der Waals surface area (Å²) in [6.45, 7) is -0.400. The zero-order valence-electron chi connectivity index (χ0n) is 12.9. The number of hydrogen-bond donors (Lipinski definition) is 2. The molecule has 1 aromatic heterocycles. The predicted octanol–water partition coefficient (Wildman–Crippen LogP) is 1.03. The van der Waals surface area contributed by atoms with Gasteiger partial charge in [-0.3, -0.25) is 35.1 Å².